The molecule has 0 bridgehead atoms. The summed E-state index contributed by atoms with van der Waals surface area (Å²) in [6, 6.07) is 22.8. The maximum absolute atomic E-state index is 2.54. The average Bonchev–Trinajstić information content (AvgIpc) is 3.04. The molecule has 3 aromatic carbocycles. The molecule has 1 heteroatoms. The highest BCUT2D eigenvalue weighted by Gasteiger charge is 2.47. The van der Waals surface area contributed by atoms with Gasteiger partial charge in [0.25, 0.3) is 0 Å². The van der Waals surface area contributed by atoms with Crippen LogP contribution in [-0.2, 0) is 11.8 Å². The van der Waals surface area contributed by atoms with Crippen molar-refractivity contribution in [1.82, 2.24) is 4.57 Å². The van der Waals surface area contributed by atoms with Crippen LogP contribution in [0.4, 0.5) is 0 Å². The summed E-state index contributed by atoms with van der Waals surface area (Å²) >= 11 is 0. The summed E-state index contributed by atoms with van der Waals surface area (Å²) in [5, 5.41) is 2.75. The Labute approximate surface area is 168 Å². The summed E-state index contributed by atoms with van der Waals surface area (Å²) in [6.45, 7) is 11.9. The fourth-order valence-corrected chi connectivity index (χ4v) is 6.12. The number of hydrogen-bond acceptors (Lipinski definition) is 0. The summed E-state index contributed by atoms with van der Waals surface area (Å²) in [7, 11) is 0. The molecule has 0 atom stereocenters. The van der Waals surface area contributed by atoms with Crippen LogP contribution in [0.15, 0.2) is 60.7 Å². The van der Waals surface area contributed by atoms with Crippen LogP contribution in [0.3, 0.4) is 0 Å². The van der Waals surface area contributed by atoms with E-state index in [0.29, 0.717) is 11.8 Å². The summed E-state index contributed by atoms with van der Waals surface area (Å²) < 4.78 is 2.54. The van der Waals surface area contributed by atoms with Crippen LogP contribution in [0.25, 0.3) is 27.5 Å². The number of aryl methyl sites for hydroxylation is 1. The van der Waals surface area contributed by atoms with E-state index in [0.717, 1.165) is 6.42 Å². The van der Waals surface area contributed by atoms with E-state index in [-0.39, 0.29) is 5.41 Å². The monoisotopic (exact) mass is 367 g/mol. The molecule has 0 fully saturated rings. The summed E-state index contributed by atoms with van der Waals surface area (Å²) in [4.78, 5) is 0. The molecule has 0 N–H and O–H groups in total. The van der Waals surface area contributed by atoms with Gasteiger partial charge in [0.15, 0.2) is 0 Å². The van der Waals surface area contributed by atoms with Crippen LogP contribution >= 0.6 is 0 Å². The highest BCUT2D eigenvalue weighted by molar-refractivity contribution is 6.12. The Kier molecular flexibility index (Phi) is 3.75. The molecule has 0 amide bonds. The van der Waals surface area contributed by atoms with E-state index in [1.807, 2.05) is 0 Å². The first-order valence-corrected chi connectivity index (χ1v) is 10.7. The van der Waals surface area contributed by atoms with Crippen molar-refractivity contribution in [2.75, 3.05) is 0 Å². The fourth-order valence-electron chi connectivity index (χ4n) is 6.12. The third-order valence-electron chi connectivity index (χ3n) is 7.13. The van der Waals surface area contributed by atoms with Crippen molar-refractivity contribution in [2.45, 2.75) is 46.5 Å². The minimum atomic E-state index is 0.0197. The molecule has 0 spiro atoms. The van der Waals surface area contributed by atoms with Gasteiger partial charge in [-0.05, 0) is 47.1 Å². The standard InChI is InChI=1S/C27H29N/c1-6-19-15-16-21-20-11-7-9-13-23(20)28-24-14-10-8-12-22(24)27(17(2)3,18(4)5)25(19)26(21)28/h7-18H,6H2,1-5H3. The van der Waals surface area contributed by atoms with E-state index in [1.165, 1.54) is 38.6 Å². The van der Waals surface area contributed by atoms with Crippen LogP contribution in [0, 0.1) is 11.8 Å². The lowest BCUT2D eigenvalue weighted by molar-refractivity contribution is 0.270. The molecule has 1 aliphatic rings. The van der Waals surface area contributed by atoms with E-state index in [1.54, 1.807) is 5.56 Å². The zero-order valence-corrected chi connectivity index (χ0v) is 17.6. The van der Waals surface area contributed by atoms with E-state index in [4.69, 9.17) is 0 Å². The van der Waals surface area contributed by atoms with E-state index in [9.17, 15) is 0 Å². The predicted octanol–water partition coefficient (Wildman–Crippen LogP) is 7.26. The first-order chi connectivity index (χ1) is 13.5. The quantitative estimate of drug-likeness (QED) is 0.359. The molecule has 1 nitrogen and oxygen atoms in total. The molecule has 4 aromatic rings. The number of rotatable bonds is 3. The third-order valence-corrected chi connectivity index (χ3v) is 7.13. The van der Waals surface area contributed by atoms with Gasteiger partial charge in [-0.15, -0.1) is 0 Å². The first-order valence-electron chi connectivity index (χ1n) is 10.7. The van der Waals surface area contributed by atoms with Gasteiger partial charge < -0.3 is 4.57 Å². The number of benzene rings is 3. The fraction of sp³-hybridized carbons (Fsp3) is 0.333. The van der Waals surface area contributed by atoms with Crippen molar-refractivity contribution >= 4 is 21.8 Å². The van der Waals surface area contributed by atoms with Gasteiger partial charge in [-0.3, -0.25) is 0 Å². The van der Waals surface area contributed by atoms with Gasteiger partial charge >= 0.3 is 0 Å². The van der Waals surface area contributed by atoms with Gasteiger partial charge in [-0.25, -0.2) is 0 Å². The minimum Gasteiger partial charge on any atom is -0.309 e. The second-order valence-corrected chi connectivity index (χ2v) is 8.90. The topological polar surface area (TPSA) is 4.93 Å². The number of fused-ring (bicyclic) bond motifs is 5. The van der Waals surface area contributed by atoms with Crippen LogP contribution in [0.1, 0.15) is 51.3 Å². The van der Waals surface area contributed by atoms with Crippen molar-refractivity contribution in [2.24, 2.45) is 11.8 Å². The Morgan fingerprint density at radius 1 is 0.786 bits per heavy atom. The molecule has 0 saturated carbocycles. The average molecular weight is 368 g/mol. The van der Waals surface area contributed by atoms with Crippen molar-refractivity contribution in [3.8, 4) is 5.69 Å². The van der Waals surface area contributed by atoms with Crippen LogP contribution in [0.2, 0.25) is 0 Å². The van der Waals surface area contributed by atoms with Gasteiger partial charge in [0.2, 0.25) is 0 Å². The smallest absolute Gasteiger partial charge is 0.0585 e. The molecule has 2 heterocycles. The second-order valence-electron chi connectivity index (χ2n) is 8.90. The van der Waals surface area contributed by atoms with E-state index in [2.05, 4.69) is 99.8 Å². The lowest BCUT2D eigenvalue weighted by atomic mass is 9.58. The molecule has 0 unspecified atom stereocenters. The molecule has 1 aromatic heterocycles. The molecule has 0 saturated heterocycles. The second kappa shape index (κ2) is 5.98. The van der Waals surface area contributed by atoms with Gasteiger partial charge in [-0.1, -0.05) is 83.1 Å². The minimum absolute atomic E-state index is 0.0197. The molecular weight excluding hydrogens is 338 g/mol. The van der Waals surface area contributed by atoms with Crippen molar-refractivity contribution in [3.63, 3.8) is 0 Å². The van der Waals surface area contributed by atoms with E-state index < -0.39 is 0 Å². The molecule has 1 aliphatic heterocycles. The zero-order chi connectivity index (χ0) is 19.6. The normalized spacial score (nSPS) is 15.0. The molecule has 0 aliphatic carbocycles. The van der Waals surface area contributed by atoms with E-state index >= 15 is 0 Å². The SMILES string of the molecule is CCc1ccc2c3ccccc3n3c2c1C(C(C)C)(C(C)C)c1ccccc1-3. The van der Waals surface area contributed by atoms with Gasteiger partial charge in [0.1, 0.15) is 0 Å². The predicted molar refractivity (Wildman–Crippen MR) is 121 cm³/mol. The molecule has 28 heavy (non-hydrogen) atoms. The summed E-state index contributed by atoms with van der Waals surface area (Å²) in [5.41, 5.74) is 8.67. The Hall–Kier alpha value is -2.54. The number of aromatic nitrogens is 1. The molecule has 5 rings (SSSR count). The van der Waals surface area contributed by atoms with Crippen LogP contribution < -0.4 is 0 Å². The third kappa shape index (κ3) is 1.92. The lowest BCUT2D eigenvalue weighted by Crippen LogP contribution is -2.43. The first kappa shape index (κ1) is 17.6. The van der Waals surface area contributed by atoms with Crippen molar-refractivity contribution < 1.29 is 0 Å². The summed E-state index contributed by atoms with van der Waals surface area (Å²) in [6.07, 6.45) is 1.07. The Morgan fingerprint density at radius 3 is 2.18 bits per heavy atom. The van der Waals surface area contributed by atoms with Gasteiger partial charge in [0, 0.05) is 16.2 Å². The lowest BCUT2D eigenvalue weighted by Gasteiger charge is -2.47. The number of nitrogens with zero attached hydrogens (tertiary/aromatic N) is 1. The highest BCUT2D eigenvalue weighted by atomic mass is 15.0. The van der Waals surface area contributed by atoms with Gasteiger partial charge in [0.05, 0.1) is 16.7 Å². The number of para-hydroxylation sites is 2. The molecular formula is C27H29N. The van der Waals surface area contributed by atoms with Crippen LogP contribution in [0.5, 0.6) is 0 Å². The maximum atomic E-state index is 2.54. The van der Waals surface area contributed by atoms with Crippen molar-refractivity contribution in [3.05, 3.63) is 77.4 Å². The Balaban J connectivity index is 2.14. The Morgan fingerprint density at radius 2 is 1.46 bits per heavy atom. The summed E-state index contributed by atoms with van der Waals surface area (Å²) in [5.74, 6) is 1.02. The largest absolute Gasteiger partial charge is 0.309 e. The van der Waals surface area contributed by atoms with Gasteiger partial charge in [-0.2, -0.15) is 0 Å². The Bertz CT molecular complexity index is 1200. The van der Waals surface area contributed by atoms with Crippen LogP contribution in [-0.4, -0.2) is 4.57 Å². The zero-order valence-electron chi connectivity index (χ0n) is 17.6. The number of hydrogen-bond donors (Lipinski definition) is 0. The molecule has 142 valence electrons. The molecule has 0 radical (unpaired) electrons. The highest BCUT2D eigenvalue weighted by Crippen LogP contribution is 2.55. The maximum Gasteiger partial charge on any atom is 0.0585 e. The van der Waals surface area contributed by atoms with Crippen molar-refractivity contribution in [1.29, 1.82) is 0 Å².